The van der Waals surface area contributed by atoms with Crippen LogP contribution in [0.4, 0.5) is 0 Å². The highest BCUT2D eigenvalue weighted by molar-refractivity contribution is 14.1. The number of fused-ring (bicyclic) bond motifs is 2. The largest absolute Gasteiger partial charge is 0.365 e. The maximum Gasteiger partial charge on any atom is 0.175 e. The van der Waals surface area contributed by atoms with Crippen molar-refractivity contribution in [1.29, 1.82) is 0 Å². The van der Waals surface area contributed by atoms with E-state index in [-0.39, 0.29) is 0 Å². The van der Waals surface area contributed by atoms with Crippen LogP contribution in [0.5, 0.6) is 0 Å². The molecule has 2 heterocycles. The van der Waals surface area contributed by atoms with Gasteiger partial charge in [-0.25, -0.2) is 0 Å². The predicted molar refractivity (Wildman–Crippen MR) is 89.1 cm³/mol. The smallest absolute Gasteiger partial charge is 0.175 e. The maximum atomic E-state index is 11.3. The third-order valence-corrected chi connectivity index (χ3v) is 8.11. The van der Waals surface area contributed by atoms with E-state index < -0.39 is 11.6 Å². The van der Waals surface area contributed by atoms with Crippen LogP contribution in [0.15, 0.2) is 0 Å². The van der Waals surface area contributed by atoms with E-state index in [2.05, 4.69) is 36.4 Å². The molecule has 0 aromatic heterocycles. The number of unbranched alkanes of at least 4 members (excludes halogenated alkanes) is 2. The van der Waals surface area contributed by atoms with Crippen molar-refractivity contribution in [2.24, 2.45) is 23.7 Å². The normalized spacial score (nSPS) is 56.6. The Morgan fingerprint density at radius 1 is 1.10 bits per heavy atom. The van der Waals surface area contributed by atoms with Crippen molar-refractivity contribution in [1.82, 2.24) is 0 Å². The van der Waals surface area contributed by atoms with Crippen molar-refractivity contribution < 1.29 is 14.6 Å². The van der Waals surface area contributed by atoms with Crippen molar-refractivity contribution in [2.75, 3.05) is 0 Å². The zero-order chi connectivity index (χ0) is 14.8. The summed E-state index contributed by atoms with van der Waals surface area (Å²) in [5, 5.41) is 11.3. The molecule has 2 saturated carbocycles. The number of rotatable bonds is 6. The monoisotopic (exact) mass is 406 g/mol. The van der Waals surface area contributed by atoms with Gasteiger partial charge in [0.25, 0.3) is 0 Å². The summed E-state index contributed by atoms with van der Waals surface area (Å²) in [6.45, 7) is 4.40. The van der Waals surface area contributed by atoms with Gasteiger partial charge in [-0.3, -0.25) is 0 Å². The second-order valence-electron chi connectivity index (χ2n) is 7.61. The molecule has 2 aliphatic heterocycles. The Morgan fingerprint density at radius 2 is 1.81 bits per heavy atom. The van der Waals surface area contributed by atoms with Crippen LogP contribution in [0.2, 0.25) is 0 Å². The van der Waals surface area contributed by atoms with Gasteiger partial charge in [0.15, 0.2) is 11.6 Å². The van der Waals surface area contributed by atoms with E-state index >= 15 is 0 Å². The highest BCUT2D eigenvalue weighted by Crippen LogP contribution is 2.72. The molecule has 0 unspecified atom stereocenters. The number of alkyl halides is 1. The van der Waals surface area contributed by atoms with Gasteiger partial charge in [0, 0.05) is 28.6 Å². The molecule has 0 amide bonds. The topological polar surface area (TPSA) is 38.7 Å². The Bertz CT molecular complexity index is 430. The minimum Gasteiger partial charge on any atom is -0.365 e. The fourth-order valence-electron chi connectivity index (χ4n) is 5.77. The molecule has 4 rings (SSSR count). The molecule has 2 bridgehead atoms. The summed E-state index contributed by atoms with van der Waals surface area (Å²) in [6, 6.07) is 0. The number of aliphatic hydroxyl groups is 1. The summed E-state index contributed by atoms with van der Waals surface area (Å²) >= 11 is 2.58. The molecule has 4 heteroatoms. The second-order valence-corrected chi connectivity index (χ2v) is 9.05. The molecular formula is C17H27IO3. The van der Waals surface area contributed by atoms with Crippen LogP contribution in [0, 0.1) is 23.7 Å². The Kier molecular flexibility index (Phi) is 3.65. The van der Waals surface area contributed by atoms with Crippen LogP contribution < -0.4 is 0 Å². The van der Waals surface area contributed by atoms with Crippen LogP contribution in [0.1, 0.15) is 58.8 Å². The van der Waals surface area contributed by atoms with Crippen LogP contribution in [-0.4, -0.2) is 26.7 Å². The lowest BCUT2D eigenvalue weighted by molar-refractivity contribution is -0.325. The van der Waals surface area contributed by atoms with Gasteiger partial charge in [0.05, 0.1) is 6.10 Å². The summed E-state index contributed by atoms with van der Waals surface area (Å²) in [5.41, 5.74) is 0. The van der Waals surface area contributed by atoms with E-state index in [1.54, 1.807) is 0 Å². The third kappa shape index (κ3) is 1.88. The van der Waals surface area contributed by atoms with Crippen molar-refractivity contribution >= 4 is 22.6 Å². The Morgan fingerprint density at radius 3 is 2.52 bits per heavy atom. The fourth-order valence-corrected chi connectivity index (χ4v) is 7.19. The van der Waals surface area contributed by atoms with Gasteiger partial charge in [-0.05, 0) is 31.1 Å². The van der Waals surface area contributed by atoms with Crippen molar-refractivity contribution in [3.63, 3.8) is 0 Å². The summed E-state index contributed by atoms with van der Waals surface area (Å²) in [4.78, 5) is 0. The number of halogens is 1. The molecule has 0 radical (unpaired) electrons. The molecule has 1 N–H and O–H groups in total. The number of hydrogen-bond donors (Lipinski definition) is 1. The summed E-state index contributed by atoms with van der Waals surface area (Å²) < 4.78 is 13.5. The second kappa shape index (κ2) is 5.05. The quantitative estimate of drug-likeness (QED) is 0.538. The lowest BCUT2D eigenvalue weighted by Crippen LogP contribution is -2.46. The molecule has 2 saturated heterocycles. The molecule has 0 aromatic carbocycles. The molecule has 120 valence electrons. The number of hydrogen-bond acceptors (Lipinski definition) is 3. The van der Waals surface area contributed by atoms with E-state index in [4.69, 9.17) is 9.47 Å². The molecule has 3 nitrogen and oxygen atoms in total. The highest BCUT2D eigenvalue weighted by atomic mass is 127. The molecule has 8 atom stereocenters. The minimum absolute atomic E-state index is 0.312. The summed E-state index contributed by atoms with van der Waals surface area (Å²) in [7, 11) is 0. The van der Waals surface area contributed by atoms with Crippen molar-refractivity contribution in [3.8, 4) is 0 Å². The van der Waals surface area contributed by atoms with Gasteiger partial charge >= 0.3 is 0 Å². The first kappa shape index (κ1) is 15.2. The van der Waals surface area contributed by atoms with Crippen molar-refractivity contribution in [3.05, 3.63) is 0 Å². The average molecular weight is 406 g/mol. The van der Waals surface area contributed by atoms with E-state index in [1.807, 2.05) is 0 Å². The van der Waals surface area contributed by atoms with E-state index in [9.17, 15) is 5.11 Å². The standard InChI is InChI=1S/C17H27IO3/c1-3-5-7-16(19)12-10-9-11-13(12)17(21-16,8-6-4-2)20-15(11)14(10)18/h10-15,19H,3-9H2,1-2H3/t10-,11+,12+,13+,14-,15-,16-,17-/m0/s1. The van der Waals surface area contributed by atoms with E-state index in [1.165, 1.54) is 6.42 Å². The first-order valence-corrected chi connectivity index (χ1v) is 10.1. The van der Waals surface area contributed by atoms with Gasteiger partial charge in [-0.15, -0.1) is 0 Å². The molecular weight excluding hydrogens is 379 g/mol. The first-order valence-electron chi connectivity index (χ1n) is 8.81. The Balaban J connectivity index is 1.68. The minimum atomic E-state index is -0.928. The lowest BCUT2D eigenvalue weighted by atomic mass is 9.73. The van der Waals surface area contributed by atoms with Gasteiger partial charge in [0.2, 0.25) is 0 Å². The zero-order valence-electron chi connectivity index (χ0n) is 13.1. The third-order valence-electron chi connectivity index (χ3n) is 6.48. The van der Waals surface area contributed by atoms with Crippen LogP contribution in [-0.2, 0) is 9.47 Å². The van der Waals surface area contributed by atoms with Gasteiger partial charge in [-0.1, -0.05) is 49.3 Å². The fraction of sp³-hybridized carbons (Fsp3) is 1.00. The lowest BCUT2D eigenvalue weighted by Gasteiger charge is -2.38. The molecule has 0 aromatic rings. The Hall–Kier alpha value is 0.610. The first-order chi connectivity index (χ1) is 10.1. The van der Waals surface area contributed by atoms with Crippen LogP contribution in [0.3, 0.4) is 0 Å². The molecule has 4 fully saturated rings. The predicted octanol–water partition coefficient (Wildman–Crippen LogP) is 3.87. The molecule has 2 aliphatic carbocycles. The van der Waals surface area contributed by atoms with E-state index in [0.29, 0.717) is 33.7 Å². The van der Waals surface area contributed by atoms with Gasteiger partial charge in [-0.2, -0.15) is 0 Å². The molecule has 0 spiro atoms. The summed E-state index contributed by atoms with van der Waals surface area (Å²) in [5.74, 6) is 0.599. The Labute approximate surface area is 141 Å². The highest BCUT2D eigenvalue weighted by Gasteiger charge is 2.79. The molecule has 4 aliphatic rings. The SMILES string of the molecule is CCCC[C@@]12O[C@@H]3[C@@H](I)[C@H]4C[C@@H]3[C@@H]1[C@@H]4[C@](O)(CCCC)O2. The van der Waals surface area contributed by atoms with Crippen LogP contribution in [0.25, 0.3) is 0 Å². The summed E-state index contributed by atoms with van der Waals surface area (Å²) in [6.07, 6.45) is 7.80. The van der Waals surface area contributed by atoms with Gasteiger partial charge < -0.3 is 14.6 Å². The van der Waals surface area contributed by atoms with Crippen molar-refractivity contribution in [2.45, 2.75) is 80.4 Å². The average Bonchev–Trinajstić information content (AvgIpc) is 3.11. The maximum absolute atomic E-state index is 11.3. The number of ether oxygens (including phenoxy) is 2. The molecule has 21 heavy (non-hydrogen) atoms. The van der Waals surface area contributed by atoms with Gasteiger partial charge in [0.1, 0.15) is 0 Å². The van der Waals surface area contributed by atoms with Crippen LogP contribution >= 0.6 is 22.6 Å². The zero-order valence-corrected chi connectivity index (χ0v) is 15.2. The van der Waals surface area contributed by atoms with E-state index in [0.717, 1.165) is 38.5 Å².